The van der Waals surface area contributed by atoms with Crippen LogP contribution in [0.2, 0.25) is 0 Å². The number of benzene rings is 1. The van der Waals surface area contributed by atoms with Crippen LogP contribution in [0, 0.1) is 5.95 Å². The fraction of sp³-hybridized carbons (Fsp3) is 0.235. The van der Waals surface area contributed by atoms with Crippen LogP contribution in [0.5, 0.6) is 5.75 Å². The molecule has 0 aliphatic heterocycles. The minimum Gasteiger partial charge on any atom is -0.497 e. The lowest BCUT2D eigenvalue weighted by Crippen LogP contribution is -2.12. The molecule has 1 atom stereocenters. The van der Waals surface area contributed by atoms with Crippen molar-refractivity contribution in [3.8, 4) is 5.75 Å². The summed E-state index contributed by atoms with van der Waals surface area (Å²) in [7, 11) is 1.64. The predicted octanol–water partition coefficient (Wildman–Crippen LogP) is 5.11. The molecule has 1 aromatic heterocycles. The van der Waals surface area contributed by atoms with Crippen molar-refractivity contribution in [3.63, 3.8) is 0 Å². The quantitative estimate of drug-likeness (QED) is 0.547. The number of nitrogens with one attached hydrogen (secondary N) is 1. The molecule has 0 fully saturated rings. The predicted molar refractivity (Wildman–Crippen MR) is 90.7 cm³/mol. The maximum absolute atomic E-state index is 13.2. The first-order valence-corrected chi connectivity index (χ1v) is 7.75. The van der Waals surface area contributed by atoms with E-state index in [2.05, 4.69) is 32.8 Å². The Hall–Kier alpha value is -1.88. The Morgan fingerprint density at radius 1 is 1.41 bits per heavy atom. The van der Waals surface area contributed by atoms with Gasteiger partial charge in [-0.1, -0.05) is 22.0 Å². The summed E-state index contributed by atoms with van der Waals surface area (Å²) in [5, 5.41) is 3.45. The molecule has 2 rings (SSSR count). The van der Waals surface area contributed by atoms with Crippen LogP contribution in [0.4, 0.5) is 10.1 Å². The van der Waals surface area contributed by atoms with E-state index < -0.39 is 5.95 Å². The number of nitrogens with zero attached hydrogens (tertiary/aromatic N) is 1. The van der Waals surface area contributed by atoms with E-state index in [1.165, 1.54) is 6.07 Å². The molecule has 1 unspecified atom stereocenters. The highest BCUT2D eigenvalue weighted by Crippen LogP contribution is 2.30. The van der Waals surface area contributed by atoms with Crippen LogP contribution >= 0.6 is 15.9 Å². The van der Waals surface area contributed by atoms with Crippen LogP contribution in [0.1, 0.15) is 24.4 Å². The molecule has 22 heavy (non-hydrogen) atoms. The van der Waals surface area contributed by atoms with Gasteiger partial charge in [-0.3, -0.25) is 0 Å². The van der Waals surface area contributed by atoms with E-state index in [-0.39, 0.29) is 6.04 Å². The molecule has 1 heterocycles. The first-order chi connectivity index (χ1) is 10.6. The lowest BCUT2D eigenvalue weighted by molar-refractivity contribution is 0.415. The Kier molecular flexibility index (Phi) is 5.95. The van der Waals surface area contributed by atoms with E-state index in [0.717, 1.165) is 29.8 Å². The van der Waals surface area contributed by atoms with Gasteiger partial charge in [-0.05, 0) is 37.1 Å². The summed E-state index contributed by atoms with van der Waals surface area (Å²) >= 11 is 3.41. The topological polar surface area (TPSA) is 34.1 Å². The summed E-state index contributed by atoms with van der Waals surface area (Å²) in [6.45, 7) is 3.76. The molecule has 0 bridgehead atoms. The normalized spacial score (nSPS) is 11.8. The number of methoxy groups -OCH3 is 1. The van der Waals surface area contributed by atoms with Gasteiger partial charge in [-0.25, -0.2) is 4.98 Å². The first kappa shape index (κ1) is 16.5. The number of allylic oxidation sites excluding steroid dienone is 1. The lowest BCUT2D eigenvalue weighted by atomic mass is 10.0. The second-order valence-corrected chi connectivity index (χ2v) is 5.67. The van der Waals surface area contributed by atoms with Crippen molar-refractivity contribution >= 4 is 21.6 Å². The molecule has 2 aromatic rings. The summed E-state index contributed by atoms with van der Waals surface area (Å²) in [4.78, 5) is 3.76. The van der Waals surface area contributed by atoms with Gasteiger partial charge in [0.15, 0.2) is 0 Å². The summed E-state index contributed by atoms with van der Waals surface area (Å²) in [6.07, 6.45) is 5.11. The summed E-state index contributed by atoms with van der Waals surface area (Å²) in [5.41, 5.74) is 1.88. The minimum absolute atomic E-state index is 0.00821. The van der Waals surface area contributed by atoms with E-state index >= 15 is 0 Å². The monoisotopic (exact) mass is 364 g/mol. The van der Waals surface area contributed by atoms with E-state index in [1.54, 1.807) is 13.3 Å². The number of rotatable bonds is 7. The third kappa shape index (κ3) is 4.31. The standard InChI is InChI=1S/C17H18BrFN2O/c1-3-4-5-16(14-11-20-17(19)10-15(14)18)21-12-6-8-13(22-2)9-7-12/h3,6-11,16,21H,1,4-5H2,2H3. The van der Waals surface area contributed by atoms with Gasteiger partial charge >= 0.3 is 0 Å². The average molecular weight is 365 g/mol. The highest BCUT2D eigenvalue weighted by atomic mass is 79.9. The summed E-state index contributed by atoms with van der Waals surface area (Å²) < 4.78 is 19.0. The Morgan fingerprint density at radius 3 is 2.73 bits per heavy atom. The van der Waals surface area contributed by atoms with Crippen LogP contribution < -0.4 is 10.1 Å². The van der Waals surface area contributed by atoms with Gasteiger partial charge in [-0.15, -0.1) is 6.58 Å². The van der Waals surface area contributed by atoms with E-state index in [0.29, 0.717) is 4.47 Å². The summed E-state index contributed by atoms with van der Waals surface area (Å²) in [6, 6.07) is 9.07. The molecule has 3 nitrogen and oxygen atoms in total. The Labute approximate surface area is 138 Å². The minimum atomic E-state index is -0.498. The zero-order chi connectivity index (χ0) is 15.9. The van der Waals surface area contributed by atoms with Crippen molar-refractivity contribution < 1.29 is 9.13 Å². The molecule has 116 valence electrons. The Balaban J connectivity index is 2.22. The highest BCUT2D eigenvalue weighted by molar-refractivity contribution is 9.10. The van der Waals surface area contributed by atoms with Crippen LogP contribution in [0.25, 0.3) is 0 Å². The molecule has 0 aliphatic rings. The second-order valence-electron chi connectivity index (χ2n) is 4.82. The zero-order valence-electron chi connectivity index (χ0n) is 12.4. The molecule has 0 saturated heterocycles. The van der Waals surface area contributed by atoms with Crippen LogP contribution in [0.3, 0.4) is 0 Å². The molecule has 1 N–H and O–H groups in total. The van der Waals surface area contributed by atoms with Gasteiger partial charge in [0.05, 0.1) is 13.2 Å². The average Bonchev–Trinajstić information content (AvgIpc) is 2.52. The third-order valence-electron chi connectivity index (χ3n) is 3.31. The SMILES string of the molecule is C=CCCC(Nc1ccc(OC)cc1)c1cnc(F)cc1Br. The number of hydrogen-bond acceptors (Lipinski definition) is 3. The smallest absolute Gasteiger partial charge is 0.213 e. The van der Waals surface area contributed by atoms with Crippen molar-refractivity contribution in [1.29, 1.82) is 0 Å². The number of anilines is 1. The van der Waals surface area contributed by atoms with Crippen LogP contribution in [-0.4, -0.2) is 12.1 Å². The summed E-state index contributed by atoms with van der Waals surface area (Å²) in [5.74, 6) is 0.306. The Bertz CT molecular complexity index is 631. The van der Waals surface area contributed by atoms with Crippen LogP contribution in [-0.2, 0) is 0 Å². The number of ether oxygens (including phenoxy) is 1. The zero-order valence-corrected chi connectivity index (χ0v) is 13.9. The fourth-order valence-electron chi connectivity index (χ4n) is 2.15. The number of hydrogen-bond donors (Lipinski definition) is 1. The van der Waals surface area contributed by atoms with E-state index in [4.69, 9.17) is 4.74 Å². The van der Waals surface area contributed by atoms with Gasteiger partial charge in [0, 0.05) is 28.0 Å². The largest absolute Gasteiger partial charge is 0.497 e. The van der Waals surface area contributed by atoms with E-state index in [9.17, 15) is 4.39 Å². The molecular weight excluding hydrogens is 347 g/mol. The molecule has 1 aromatic carbocycles. The molecular formula is C17H18BrFN2O. The van der Waals surface area contributed by atoms with Crippen molar-refractivity contribution in [3.05, 3.63) is 65.2 Å². The molecule has 0 spiro atoms. The molecule has 0 amide bonds. The van der Waals surface area contributed by atoms with Crippen molar-refractivity contribution in [2.75, 3.05) is 12.4 Å². The van der Waals surface area contributed by atoms with Gasteiger partial charge in [0.1, 0.15) is 5.75 Å². The van der Waals surface area contributed by atoms with Gasteiger partial charge in [0.2, 0.25) is 5.95 Å². The van der Waals surface area contributed by atoms with E-state index in [1.807, 2.05) is 30.3 Å². The van der Waals surface area contributed by atoms with Crippen molar-refractivity contribution in [2.24, 2.45) is 0 Å². The number of aromatic nitrogens is 1. The van der Waals surface area contributed by atoms with Gasteiger partial charge < -0.3 is 10.1 Å². The highest BCUT2D eigenvalue weighted by Gasteiger charge is 2.15. The maximum Gasteiger partial charge on any atom is 0.213 e. The maximum atomic E-state index is 13.2. The molecule has 0 saturated carbocycles. The second kappa shape index (κ2) is 7.94. The van der Waals surface area contributed by atoms with Gasteiger partial charge in [-0.2, -0.15) is 4.39 Å². The third-order valence-corrected chi connectivity index (χ3v) is 4.00. The molecule has 0 aliphatic carbocycles. The van der Waals surface area contributed by atoms with Crippen LogP contribution in [0.15, 0.2) is 53.7 Å². The Morgan fingerprint density at radius 2 is 2.14 bits per heavy atom. The first-order valence-electron chi connectivity index (χ1n) is 6.96. The molecule has 5 heteroatoms. The van der Waals surface area contributed by atoms with Crippen molar-refractivity contribution in [2.45, 2.75) is 18.9 Å². The fourth-order valence-corrected chi connectivity index (χ4v) is 2.72. The number of pyridine rings is 1. The molecule has 0 radical (unpaired) electrons. The van der Waals surface area contributed by atoms with Gasteiger partial charge in [0.25, 0.3) is 0 Å². The van der Waals surface area contributed by atoms with Crippen molar-refractivity contribution in [1.82, 2.24) is 4.98 Å². The lowest BCUT2D eigenvalue weighted by Gasteiger charge is -2.21. The number of halogens is 2.